The molecule has 0 aromatic heterocycles. The maximum Gasteiger partial charge on any atom is 0.0229 e. The second kappa shape index (κ2) is 5.68. The molecule has 0 spiro atoms. The molecule has 0 bridgehead atoms. The number of thiol groups is 1. The van der Waals surface area contributed by atoms with Gasteiger partial charge in [-0.2, -0.15) is 12.6 Å². The molecule has 1 aliphatic heterocycles. The van der Waals surface area contributed by atoms with Gasteiger partial charge in [0.15, 0.2) is 0 Å². The Morgan fingerprint density at radius 3 is 2.77 bits per heavy atom. The van der Waals surface area contributed by atoms with Crippen molar-refractivity contribution < 1.29 is 0 Å². The highest BCUT2D eigenvalue weighted by Crippen LogP contribution is 2.12. The van der Waals surface area contributed by atoms with E-state index in [0.29, 0.717) is 0 Å². The normalized spacial score (nSPS) is 25.1. The van der Waals surface area contributed by atoms with Crippen LogP contribution in [-0.4, -0.2) is 55.3 Å². The predicted octanol–water partition coefficient (Wildman–Crippen LogP) is 1.11. The molecule has 0 N–H and O–H groups in total. The molecule has 1 heterocycles. The van der Waals surface area contributed by atoms with Crippen molar-refractivity contribution in [3.8, 4) is 0 Å². The fourth-order valence-corrected chi connectivity index (χ4v) is 1.85. The van der Waals surface area contributed by atoms with Crippen LogP contribution in [0.25, 0.3) is 0 Å². The van der Waals surface area contributed by atoms with E-state index in [0.717, 1.165) is 18.3 Å². The lowest BCUT2D eigenvalue weighted by Gasteiger charge is -2.19. The zero-order chi connectivity index (χ0) is 9.68. The van der Waals surface area contributed by atoms with Crippen LogP contribution in [0.3, 0.4) is 0 Å². The fraction of sp³-hybridized carbons (Fsp3) is 0.800. The summed E-state index contributed by atoms with van der Waals surface area (Å²) in [7, 11) is 4.33. The molecule has 1 fully saturated rings. The molecular formula is C10H20N2S. The topological polar surface area (TPSA) is 6.48 Å². The lowest BCUT2D eigenvalue weighted by atomic mass is 10.2. The quantitative estimate of drug-likeness (QED) is 0.536. The zero-order valence-electron chi connectivity index (χ0n) is 8.61. The zero-order valence-corrected chi connectivity index (χ0v) is 9.50. The van der Waals surface area contributed by atoms with Gasteiger partial charge in [0.2, 0.25) is 0 Å². The first kappa shape index (κ1) is 11.1. The Morgan fingerprint density at radius 1 is 1.46 bits per heavy atom. The first-order chi connectivity index (χ1) is 6.24. The third-order valence-corrected chi connectivity index (χ3v) is 2.82. The van der Waals surface area contributed by atoms with Crippen LogP contribution < -0.4 is 0 Å². The average molecular weight is 200 g/mol. The van der Waals surface area contributed by atoms with E-state index in [2.05, 4.69) is 48.7 Å². The van der Waals surface area contributed by atoms with Crippen LogP contribution in [0.4, 0.5) is 0 Å². The van der Waals surface area contributed by atoms with Crippen molar-refractivity contribution in [3.05, 3.63) is 12.2 Å². The van der Waals surface area contributed by atoms with Crippen molar-refractivity contribution in [1.82, 2.24) is 9.80 Å². The Morgan fingerprint density at radius 2 is 2.23 bits per heavy atom. The van der Waals surface area contributed by atoms with Crippen LogP contribution in [0, 0.1) is 0 Å². The standard InChI is InChI=1S/C10H20N2S/c1-11(2)10-5-7-12(9-10)6-3-4-8-13/h3-4,10,13H,5-9H2,1-2H3. The molecule has 2 nitrogen and oxygen atoms in total. The van der Waals surface area contributed by atoms with Crippen LogP contribution in [-0.2, 0) is 0 Å². The molecule has 0 saturated carbocycles. The molecule has 0 amide bonds. The molecule has 1 aliphatic rings. The second-order valence-electron chi connectivity index (χ2n) is 3.82. The van der Waals surface area contributed by atoms with Crippen LogP contribution in [0.1, 0.15) is 6.42 Å². The monoisotopic (exact) mass is 200 g/mol. The van der Waals surface area contributed by atoms with Crippen molar-refractivity contribution in [3.63, 3.8) is 0 Å². The molecule has 1 unspecified atom stereocenters. The molecule has 0 aromatic rings. The van der Waals surface area contributed by atoms with Crippen molar-refractivity contribution in [2.45, 2.75) is 12.5 Å². The summed E-state index contributed by atoms with van der Waals surface area (Å²) in [5.74, 6) is 0.852. The van der Waals surface area contributed by atoms with Crippen molar-refractivity contribution in [2.24, 2.45) is 0 Å². The molecule has 1 rings (SSSR count). The molecule has 1 atom stereocenters. The number of hydrogen-bond donors (Lipinski definition) is 1. The van der Waals surface area contributed by atoms with Crippen LogP contribution >= 0.6 is 12.6 Å². The minimum atomic E-state index is 0.754. The van der Waals surface area contributed by atoms with Gasteiger partial charge >= 0.3 is 0 Å². The van der Waals surface area contributed by atoms with Gasteiger partial charge < -0.3 is 4.90 Å². The van der Waals surface area contributed by atoms with Gasteiger partial charge in [0, 0.05) is 31.4 Å². The van der Waals surface area contributed by atoms with E-state index >= 15 is 0 Å². The van der Waals surface area contributed by atoms with Gasteiger partial charge in [-0.25, -0.2) is 0 Å². The highest BCUT2D eigenvalue weighted by molar-refractivity contribution is 7.80. The van der Waals surface area contributed by atoms with Crippen LogP contribution in [0.15, 0.2) is 12.2 Å². The van der Waals surface area contributed by atoms with E-state index in [1.807, 2.05) is 0 Å². The van der Waals surface area contributed by atoms with E-state index < -0.39 is 0 Å². The van der Waals surface area contributed by atoms with E-state index in [9.17, 15) is 0 Å². The maximum absolute atomic E-state index is 4.13. The van der Waals surface area contributed by atoms with Gasteiger partial charge in [-0.1, -0.05) is 12.2 Å². The van der Waals surface area contributed by atoms with Crippen molar-refractivity contribution in [2.75, 3.05) is 39.5 Å². The molecule has 0 aromatic carbocycles. The van der Waals surface area contributed by atoms with Gasteiger partial charge in [0.05, 0.1) is 0 Å². The predicted molar refractivity (Wildman–Crippen MR) is 61.5 cm³/mol. The van der Waals surface area contributed by atoms with Gasteiger partial charge in [-0.3, -0.25) is 4.90 Å². The number of likely N-dealkylation sites (tertiary alicyclic amines) is 1. The highest BCUT2D eigenvalue weighted by Gasteiger charge is 2.22. The summed E-state index contributed by atoms with van der Waals surface area (Å²) in [4.78, 5) is 4.81. The van der Waals surface area contributed by atoms with E-state index in [-0.39, 0.29) is 0 Å². The molecule has 76 valence electrons. The number of rotatable bonds is 4. The van der Waals surface area contributed by atoms with Crippen LogP contribution in [0.5, 0.6) is 0 Å². The first-order valence-corrected chi connectivity index (χ1v) is 5.52. The Bertz CT molecular complexity index is 168. The molecular weight excluding hydrogens is 180 g/mol. The Hall–Kier alpha value is 0.01000. The lowest BCUT2D eigenvalue weighted by molar-refractivity contribution is 0.280. The summed E-state index contributed by atoms with van der Waals surface area (Å²) >= 11 is 4.13. The minimum Gasteiger partial charge on any atom is -0.305 e. The third kappa shape index (κ3) is 3.71. The molecule has 13 heavy (non-hydrogen) atoms. The van der Waals surface area contributed by atoms with Crippen molar-refractivity contribution >= 4 is 12.6 Å². The molecule has 1 saturated heterocycles. The summed E-state index contributed by atoms with van der Waals surface area (Å²) in [5.41, 5.74) is 0. The van der Waals surface area contributed by atoms with E-state index in [1.54, 1.807) is 0 Å². The number of likely N-dealkylation sites (N-methyl/N-ethyl adjacent to an activating group) is 1. The van der Waals surface area contributed by atoms with Gasteiger partial charge in [0.25, 0.3) is 0 Å². The SMILES string of the molecule is CN(C)C1CCN(CC=CCS)C1. The summed E-state index contributed by atoms with van der Waals surface area (Å²) in [6, 6.07) is 0.754. The second-order valence-corrected chi connectivity index (χ2v) is 4.18. The van der Waals surface area contributed by atoms with E-state index in [1.165, 1.54) is 19.5 Å². The maximum atomic E-state index is 4.13. The Labute approximate surface area is 87.0 Å². The third-order valence-electron chi connectivity index (χ3n) is 2.61. The molecule has 0 radical (unpaired) electrons. The van der Waals surface area contributed by atoms with Gasteiger partial charge in [-0.05, 0) is 20.5 Å². The Balaban J connectivity index is 2.21. The summed E-state index contributed by atoms with van der Waals surface area (Å²) in [6.07, 6.45) is 5.64. The van der Waals surface area contributed by atoms with Crippen molar-refractivity contribution in [1.29, 1.82) is 0 Å². The average Bonchev–Trinajstić information content (AvgIpc) is 2.53. The Kier molecular flexibility index (Phi) is 4.84. The van der Waals surface area contributed by atoms with Gasteiger partial charge in [0.1, 0.15) is 0 Å². The van der Waals surface area contributed by atoms with Gasteiger partial charge in [-0.15, -0.1) is 0 Å². The summed E-state index contributed by atoms with van der Waals surface area (Å²) in [5, 5.41) is 0. The van der Waals surface area contributed by atoms with E-state index in [4.69, 9.17) is 0 Å². The van der Waals surface area contributed by atoms with Crippen LogP contribution in [0.2, 0.25) is 0 Å². The number of nitrogens with zero attached hydrogens (tertiary/aromatic N) is 2. The summed E-state index contributed by atoms with van der Waals surface area (Å²) < 4.78 is 0. The largest absolute Gasteiger partial charge is 0.305 e. The first-order valence-electron chi connectivity index (χ1n) is 4.88. The molecule has 3 heteroatoms. The highest BCUT2D eigenvalue weighted by atomic mass is 32.1. The fourth-order valence-electron chi connectivity index (χ4n) is 1.70. The number of hydrogen-bond acceptors (Lipinski definition) is 3. The summed E-state index contributed by atoms with van der Waals surface area (Å²) in [6.45, 7) is 3.54. The minimum absolute atomic E-state index is 0.754. The lowest BCUT2D eigenvalue weighted by Crippen LogP contribution is -2.31. The molecule has 0 aliphatic carbocycles. The smallest absolute Gasteiger partial charge is 0.0229 e.